The van der Waals surface area contributed by atoms with Gasteiger partial charge in [-0.15, -0.1) is 0 Å². The molecule has 0 spiro atoms. The summed E-state index contributed by atoms with van der Waals surface area (Å²) < 4.78 is 5.10. The Morgan fingerprint density at radius 3 is 2.61 bits per heavy atom. The van der Waals surface area contributed by atoms with Crippen molar-refractivity contribution in [3.8, 4) is 5.75 Å². The van der Waals surface area contributed by atoms with Gasteiger partial charge in [0.2, 0.25) is 0 Å². The largest absolute Gasteiger partial charge is 0.497 e. The first-order chi connectivity index (χ1) is 8.61. The molecule has 2 unspecified atom stereocenters. The van der Waals surface area contributed by atoms with Gasteiger partial charge in [0.05, 0.1) is 7.11 Å². The molecule has 0 saturated carbocycles. The number of methoxy groups -OCH3 is 1. The minimum atomic E-state index is 0.0958. The minimum absolute atomic E-state index is 0.0958. The van der Waals surface area contributed by atoms with E-state index in [0.717, 1.165) is 24.4 Å². The molecule has 4 heteroatoms. The molecule has 1 aliphatic rings. The summed E-state index contributed by atoms with van der Waals surface area (Å²) in [6.45, 7) is 5.77. The van der Waals surface area contributed by atoms with Crippen LogP contribution in [-0.2, 0) is 0 Å². The van der Waals surface area contributed by atoms with E-state index in [1.807, 2.05) is 29.2 Å². The lowest BCUT2D eigenvalue weighted by Crippen LogP contribution is -2.56. The molecule has 1 aliphatic heterocycles. The molecule has 4 nitrogen and oxygen atoms in total. The Kier molecular flexibility index (Phi) is 3.87. The molecule has 2 atom stereocenters. The van der Waals surface area contributed by atoms with Crippen LogP contribution < -0.4 is 10.1 Å². The first-order valence-electron chi connectivity index (χ1n) is 6.30. The van der Waals surface area contributed by atoms with Crippen molar-refractivity contribution in [1.82, 2.24) is 10.2 Å². The quantitative estimate of drug-likeness (QED) is 0.862. The van der Waals surface area contributed by atoms with Crippen LogP contribution in [0.1, 0.15) is 24.2 Å². The van der Waals surface area contributed by atoms with Crippen LogP contribution in [0.25, 0.3) is 0 Å². The molecular weight excluding hydrogens is 228 g/mol. The molecule has 1 N–H and O–H groups in total. The fourth-order valence-electron chi connectivity index (χ4n) is 2.20. The second-order valence-electron chi connectivity index (χ2n) is 4.84. The van der Waals surface area contributed by atoms with Crippen molar-refractivity contribution < 1.29 is 9.53 Å². The molecule has 98 valence electrons. The van der Waals surface area contributed by atoms with Crippen molar-refractivity contribution >= 4 is 5.91 Å². The molecule has 18 heavy (non-hydrogen) atoms. The highest BCUT2D eigenvalue weighted by molar-refractivity contribution is 5.94. The zero-order valence-corrected chi connectivity index (χ0v) is 11.1. The van der Waals surface area contributed by atoms with Gasteiger partial charge in [-0.2, -0.15) is 0 Å². The molecular formula is C14H20N2O2. The monoisotopic (exact) mass is 248 g/mol. The Morgan fingerprint density at radius 2 is 2.00 bits per heavy atom. The highest BCUT2D eigenvalue weighted by Crippen LogP contribution is 2.16. The number of hydrogen-bond acceptors (Lipinski definition) is 3. The smallest absolute Gasteiger partial charge is 0.254 e. The number of hydrogen-bond donors (Lipinski definition) is 1. The summed E-state index contributed by atoms with van der Waals surface area (Å²) in [7, 11) is 1.62. The second kappa shape index (κ2) is 5.40. The van der Waals surface area contributed by atoms with Gasteiger partial charge in [-0.25, -0.2) is 0 Å². The first kappa shape index (κ1) is 12.9. The lowest BCUT2D eigenvalue weighted by Gasteiger charge is -2.37. The fourth-order valence-corrected chi connectivity index (χ4v) is 2.20. The van der Waals surface area contributed by atoms with Crippen molar-refractivity contribution in [2.45, 2.75) is 25.9 Å². The van der Waals surface area contributed by atoms with Crippen molar-refractivity contribution in [3.63, 3.8) is 0 Å². The van der Waals surface area contributed by atoms with Crippen LogP contribution in [0.5, 0.6) is 5.75 Å². The van der Waals surface area contributed by atoms with E-state index in [0.29, 0.717) is 6.04 Å². The molecule has 1 fully saturated rings. The van der Waals surface area contributed by atoms with Crippen LogP contribution in [0, 0.1) is 0 Å². The van der Waals surface area contributed by atoms with Crippen LogP contribution in [-0.4, -0.2) is 43.1 Å². The van der Waals surface area contributed by atoms with Gasteiger partial charge in [-0.3, -0.25) is 4.79 Å². The molecule has 1 heterocycles. The Morgan fingerprint density at radius 1 is 1.33 bits per heavy atom. The van der Waals surface area contributed by atoms with Crippen molar-refractivity contribution in [3.05, 3.63) is 29.8 Å². The average molecular weight is 248 g/mol. The third-order valence-electron chi connectivity index (χ3n) is 3.36. The van der Waals surface area contributed by atoms with Crippen molar-refractivity contribution in [2.75, 3.05) is 20.2 Å². The fraction of sp³-hybridized carbons (Fsp3) is 0.500. The van der Waals surface area contributed by atoms with Gasteiger partial charge in [0, 0.05) is 30.7 Å². The summed E-state index contributed by atoms with van der Waals surface area (Å²) in [5.74, 6) is 0.867. The van der Waals surface area contributed by atoms with Crippen LogP contribution in [0.2, 0.25) is 0 Å². The normalized spacial score (nSPS) is 23.8. The minimum Gasteiger partial charge on any atom is -0.497 e. The summed E-state index contributed by atoms with van der Waals surface area (Å²) in [6, 6.07) is 7.87. The predicted molar refractivity (Wildman–Crippen MR) is 71.0 cm³/mol. The Balaban J connectivity index is 2.13. The molecule has 0 aliphatic carbocycles. The van der Waals surface area contributed by atoms with Crippen molar-refractivity contribution in [1.29, 1.82) is 0 Å². The highest BCUT2D eigenvalue weighted by atomic mass is 16.5. The Bertz CT molecular complexity index is 416. The van der Waals surface area contributed by atoms with Gasteiger partial charge in [0.15, 0.2) is 0 Å². The van der Waals surface area contributed by atoms with Crippen LogP contribution in [0.3, 0.4) is 0 Å². The summed E-state index contributed by atoms with van der Waals surface area (Å²) in [6.07, 6.45) is 0. The second-order valence-corrected chi connectivity index (χ2v) is 4.84. The van der Waals surface area contributed by atoms with Gasteiger partial charge < -0.3 is 15.0 Å². The van der Waals surface area contributed by atoms with Gasteiger partial charge in [-0.1, -0.05) is 0 Å². The van der Waals surface area contributed by atoms with Gasteiger partial charge >= 0.3 is 0 Å². The van der Waals surface area contributed by atoms with Crippen LogP contribution in [0.4, 0.5) is 0 Å². The SMILES string of the molecule is COc1ccc(C(=O)N2CC(C)NCC2C)cc1. The summed E-state index contributed by atoms with van der Waals surface area (Å²) in [5.41, 5.74) is 0.719. The molecule has 1 aromatic carbocycles. The maximum atomic E-state index is 12.4. The topological polar surface area (TPSA) is 41.6 Å². The van der Waals surface area contributed by atoms with Crippen LogP contribution >= 0.6 is 0 Å². The Labute approximate surface area is 108 Å². The number of carbonyl (C=O) groups excluding carboxylic acids is 1. The first-order valence-corrected chi connectivity index (χ1v) is 6.30. The van der Waals surface area contributed by atoms with Gasteiger partial charge in [0.1, 0.15) is 5.75 Å². The van der Waals surface area contributed by atoms with Crippen molar-refractivity contribution in [2.24, 2.45) is 0 Å². The van der Waals surface area contributed by atoms with E-state index in [9.17, 15) is 4.79 Å². The number of nitrogens with one attached hydrogen (secondary N) is 1. The van der Waals surface area contributed by atoms with Gasteiger partial charge in [-0.05, 0) is 38.1 Å². The van der Waals surface area contributed by atoms with E-state index >= 15 is 0 Å². The third-order valence-corrected chi connectivity index (χ3v) is 3.36. The lowest BCUT2D eigenvalue weighted by atomic mass is 10.1. The number of carbonyl (C=O) groups is 1. The summed E-state index contributed by atoms with van der Waals surface area (Å²) >= 11 is 0. The number of rotatable bonds is 2. The van der Waals surface area contributed by atoms with E-state index in [4.69, 9.17) is 4.74 Å². The molecule has 0 bridgehead atoms. The van der Waals surface area contributed by atoms with E-state index in [2.05, 4.69) is 19.2 Å². The predicted octanol–water partition coefficient (Wildman–Crippen LogP) is 1.52. The molecule has 1 aromatic rings. The van der Waals surface area contributed by atoms with E-state index < -0.39 is 0 Å². The summed E-state index contributed by atoms with van der Waals surface area (Å²) in [5, 5.41) is 3.37. The molecule has 2 rings (SSSR count). The number of piperazine rings is 1. The average Bonchev–Trinajstić information content (AvgIpc) is 2.41. The maximum Gasteiger partial charge on any atom is 0.254 e. The molecule has 0 aromatic heterocycles. The maximum absolute atomic E-state index is 12.4. The zero-order chi connectivity index (χ0) is 13.1. The summed E-state index contributed by atoms with van der Waals surface area (Å²) in [4.78, 5) is 14.3. The highest BCUT2D eigenvalue weighted by Gasteiger charge is 2.27. The van der Waals surface area contributed by atoms with E-state index in [-0.39, 0.29) is 11.9 Å². The third kappa shape index (κ3) is 2.64. The number of ether oxygens (including phenoxy) is 1. The standard InChI is InChI=1S/C14H20N2O2/c1-10-9-16(11(2)8-15-10)14(17)12-4-6-13(18-3)7-5-12/h4-7,10-11,15H,8-9H2,1-3H3. The van der Waals surface area contributed by atoms with E-state index in [1.54, 1.807) is 7.11 Å². The number of nitrogens with zero attached hydrogens (tertiary/aromatic N) is 1. The number of benzene rings is 1. The zero-order valence-electron chi connectivity index (χ0n) is 11.1. The Hall–Kier alpha value is -1.55. The molecule has 1 amide bonds. The van der Waals surface area contributed by atoms with Gasteiger partial charge in [0.25, 0.3) is 5.91 Å². The van der Waals surface area contributed by atoms with E-state index in [1.165, 1.54) is 0 Å². The van der Waals surface area contributed by atoms with Crippen LogP contribution in [0.15, 0.2) is 24.3 Å². The lowest BCUT2D eigenvalue weighted by molar-refractivity contribution is 0.0616. The molecule has 0 radical (unpaired) electrons. The molecule has 1 saturated heterocycles. The number of amides is 1.